The zero-order valence-electron chi connectivity index (χ0n) is 13.5. The van der Waals surface area contributed by atoms with E-state index in [0.717, 1.165) is 49.9 Å². The Morgan fingerprint density at radius 1 is 1.30 bits per heavy atom. The van der Waals surface area contributed by atoms with Gasteiger partial charge in [-0.15, -0.1) is 0 Å². The SMILES string of the molecule is COC(=O)CCCN1CCC(n2c(=O)[nH]c3ccccc32)CC1. The van der Waals surface area contributed by atoms with E-state index in [9.17, 15) is 9.59 Å². The predicted molar refractivity (Wildman–Crippen MR) is 88.5 cm³/mol. The molecule has 0 atom stereocenters. The normalized spacial score (nSPS) is 16.7. The van der Waals surface area contributed by atoms with E-state index in [0.29, 0.717) is 6.42 Å². The van der Waals surface area contributed by atoms with Crippen molar-refractivity contribution < 1.29 is 9.53 Å². The van der Waals surface area contributed by atoms with E-state index in [1.165, 1.54) is 7.11 Å². The Morgan fingerprint density at radius 3 is 2.78 bits per heavy atom. The van der Waals surface area contributed by atoms with Gasteiger partial charge in [0.2, 0.25) is 0 Å². The quantitative estimate of drug-likeness (QED) is 0.856. The van der Waals surface area contributed by atoms with Crippen LogP contribution in [0.5, 0.6) is 0 Å². The molecule has 1 N–H and O–H groups in total. The number of methoxy groups -OCH3 is 1. The van der Waals surface area contributed by atoms with Crippen LogP contribution in [0.15, 0.2) is 29.1 Å². The first-order valence-electron chi connectivity index (χ1n) is 8.17. The Hall–Kier alpha value is -2.08. The second-order valence-corrected chi connectivity index (χ2v) is 6.07. The second kappa shape index (κ2) is 7.00. The Labute approximate surface area is 135 Å². The average molecular weight is 317 g/mol. The number of carbonyl (C=O) groups excluding carboxylic acids is 1. The highest BCUT2D eigenvalue weighted by atomic mass is 16.5. The molecule has 124 valence electrons. The number of para-hydroxylation sites is 2. The number of esters is 1. The predicted octanol–water partition coefficient (Wildman–Crippen LogP) is 1.92. The van der Waals surface area contributed by atoms with Crippen LogP contribution in [0.4, 0.5) is 0 Å². The smallest absolute Gasteiger partial charge is 0.326 e. The van der Waals surface area contributed by atoms with E-state index >= 15 is 0 Å². The summed E-state index contributed by atoms with van der Waals surface area (Å²) in [6, 6.07) is 8.08. The fraction of sp³-hybridized carbons (Fsp3) is 0.529. The number of aromatic nitrogens is 2. The average Bonchev–Trinajstić information content (AvgIpc) is 2.91. The molecule has 0 radical (unpaired) electrons. The van der Waals surface area contributed by atoms with Crippen molar-refractivity contribution in [2.24, 2.45) is 0 Å². The van der Waals surface area contributed by atoms with Gasteiger partial charge in [0, 0.05) is 25.6 Å². The number of benzene rings is 1. The molecule has 1 aliphatic rings. The highest BCUT2D eigenvalue weighted by Gasteiger charge is 2.23. The molecule has 0 aliphatic carbocycles. The largest absolute Gasteiger partial charge is 0.469 e. The van der Waals surface area contributed by atoms with E-state index in [-0.39, 0.29) is 17.7 Å². The van der Waals surface area contributed by atoms with Crippen LogP contribution in [0.2, 0.25) is 0 Å². The molecule has 1 saturated heterocycles. The molecular weight excluding hydrogens is 294 g/mol. The number of hydrogen-bond donors (Lipinski definition) is 1. The van der Waals surface area contributed by atoms with Gasteiger partial charge in [-0.3, -0.25) is 9.36 Å². The van der Waals surface area contributed by atoms with Crippen molar-refractivity contribution >= 4 is 17.0 Å². The Bertz CT molecular complexity index is 726. The first kappa shape index (κ1) is 15.8. The van der Waals surface area contributed by atoms with Gasteiger partial charge in [0.1, 0.15) is 0 Å². The minimum absolute atomic E-state index is 0.0182. The zero-order valence-corrected chi connectivity index (χ0v) is 13.5. The first-order valence-corrected chi connectivity index (χ1v) is 8.17. The maximum atomic E-state index is 12.2. The Balaban J connectivity index is 1.59. The second-order valence-electron chi connectivity index (χ2n) is 6.07. The van der Waals surface area contributed by atoms with Gasteiger partial charge in [0.25, 0.3) is 0 Å². The molecule has 1 aliphatic heterocycles. The van der Waals surface area contributed by atoms with Gasteiger partial charge in [-0.25, -0.2) is 4.79 Å². The summed E-state index contributed by atoms with van der Waals surface area (Å²) in [6.07, 6.45) is 3.21. The van der Waals surface area contributed by atoms with Gasteiger partial charge in [-0.1, -0.05) is 12.1 Å². The zero-order chi connectivity index (χ0) is 16.2. The number of H-pyrrole nitrogens is 1. The minimum Gasteiger partial charge on any atom is -0.469 e. The summed E-state index contributed by atoms with van der Waals surface area (Å²) < 4.78 is 6.56. The molecule has 23 heavy (non-hydrogen) atoms. The van der Waals surface area contributed by atoms with Crippen molar-refractivity contribution in [1.29, 1.82) is 0 Å². The molecular formula is C17H23N3O3. The summed E-state index contributed by atoms with van der Waals surface area (Å²) in [5.74, 6) is -0.148. The molecule has 0 unspecified atom stereocenters. The highest BCUT2D eigenvalue weighted by Crippen LogP contribution is 2.24. The lowest BCUT2D eigenvalue weighted by molar-refractivity contribution is -0.140. The third-order valence-electron chi connectivity index (χ3n) is 4.63. The van der Waals surface area contributed by atoms with Crippen LogP contribution in [0, 0.1) is 0 Å². The maximum Gasteiger partial charge on any atom is 0.326 e. The van der Waals surface area contributed by atoms with Gasteiger partial charge in [-0.05, 0) is 37.9 Å². The van der Waals surface area contributed by atoms with E-state index < -0.39 is 0 Å². The van der Waals surface area contributed by atoms with Crippen molar-refractivity contribution in [3.05, 3.63) is 34.7 Å². The van der Waals surface area contributed by atoms with Crippen LogP contribution >= 0.6 is 0 Å². The topological polar surface area (TPSA) is 67.3 Å². The number of rotatable bonds is 5. The van der Waals surface area contributed by atoms with Crippen molar-refractivity contribution in [3.63, 3.8) is 0 Å². The summed E-state index contributed by atoms with van der Waals surface area (Å²) in [7, 11) is 1.42. The van der Waals surface area contributed by atoms with Crippen LogP contribution < -0.4 is 5.69 Å². The molecule has 3 rings (SSSR count). The molecule has 0 spiro atoms. The highest BCUT2D eigenvalue weighted by molar-refractivity contribution is 5.75. The van der Waals surface area contributed by atoms with Crippen molar-refractivity contribution in [2.75, 3.05) is 26.7 Å². The number of aromatic amines is 1. The molecule has 6 nitrogen and oxygen atoms in total. The Kier molecular flexibility index (Phi) is 4.81. The van der Waals surface area contributed by atoms with Crippen LogP contribution in [-0.2, 0) is 9.53 Å². The summed E-state index contributed by atoms with van der Waals surface area (Å²) >= 11 is 0. The number of imidazole rings is 1. The molecule has 1 aromatic carbocycles. The molecule has 0 saturated carbocycles. The summed E-state index contributed by atoms with van der Waals surface area (Å²) in [6.45, 7) is 2.82. The molecule has 1 fully saturated rings. The molecule has 2 aromatic rings. The molecule has 2 heterocycles. The fourth-order valence-electron chi connectivity index (χ4n) is 3.39. The number of ether oxygens (including phenoxy) is 1. The van der Waals surface area contributed by atoms with Crippen LogP contribution in [0.3, 0.4) is 0 Å². The number of fused-ring (bicyclic) bond motifs is 1. The number of likely N-dealkylation sites (tertiary alicyclic amines) is 1. The van der Waals surface area contributed by atoms with Crippen LogP contribution in [0.25, 0.3) is 11.0 Å². The van der Waals surface area contributed by atoms with E-state index in [4.69, 9.17) is 0 Å². The third-order valence-corrected chi connectivity index (χ3v) is 4.63. The van der Waals surface area contributed by atoms with E-state index in [1.54, 1.807) is 0 Å². The van der Waals surface area contributed by atoms with Gasteiger partial charge in [0.05, 0.1) is 18.1 Å². The van der Waals surface area contributed by atoms with Gasteiger partial charge in [0.15, 0.2) is 0 Å². The summed E-state index contributed by atoms with van der Waals surface area (Å²) in [4.78, 5) is 28.7. The van der Waals surface area contributed by atoms with Gasteiger partial charge in [-0.2, -0.15) is 0 Å². The minimum atomic E-state index is -0.148. The maximum absolute atomic E-state index is 12.2. The van der Waals surface area contributed by atoms with Gasteiger partial charge < -0.3 is 14.6 Å². The Morgan fingerprint density at radius 2 is 2.04 bits per heavy atom. The fourth-order valence-corrected chi connectivity index (χ4v) is 3.39. The summed E-state index contributed by atoms with van der Waals surface area (Å²) in [5.41, 5.74) is 1.87. The molecule has 6 heteroatoms. The summed E-state index contributed by atoms with van der Waals surface area (Å²) in [5, 5.41) is 0. The lowest BCUT2D eigenvalue weighted by atomic mass is 10.0. The number of nitrogens with zero attached hydrogens (tertiary/aromatic N) is 2. The van der Waals surface area contributed by atoms with Gasteiger partial charge >= 0.3 is 11.7 Å². The number of carbonyl (C=O) groups is 1. The number of nitrogens with one attached hydrogen (secondary N) is 1. The van der Waals surface area contributed by atoms with Crippen molar-refractivity contribution in [2.45, 2.75) is 31.7 Å². The monoisotopic (exact) mass is 317 g/mol. The number of piperidine rings is 1. The standard InChI is InChI=1S/C17H23N3O3/c1-23-16(21)7-4-10-19-11-8-13(9-12-19)20-15-6-3-2-5-14(15)18-17(20)22/h2-3,5-6,13H,4,7-12H2,1H3,(H,18,22). The molecule has 1 aromatic heterocycles. The third kappa shape index (κ3) is 3.47. The van der Waals surface area contributed by atoms with E-state index in [2.05, 4.69) is 14.6 Å². The molecule has 0 bridgehead atoms. The first-order chi connectivity index (χ1) is 11.2. The lowest BCUT2D eigenvalue weighted by Crippen LogP contribution is -2.37. The van der Waals surface area contributed by atoms with E-state index in [1.807, 2.05) is 28.8 Å². The lowest BCUT2D eigenvalue weighted by Gasteiger charge is -2.32. The number of hydrogen-bond acceptors (Lipinski definition) is 4. The van der Waals surface area contributed by atoms with Crippen LogP contribution in [-0.4, -0.2) is 47.2 Å². The molecule has 0 amide bonds. The van der Waals surface area contributed by atoms with Crippen LogP contribution in [0.1, 0.15) is 31.7 Å². The van der Waals surface area contributed by atoms with Crippen molar-refractivity contribution in [3.8, 4) is 0 Å². The van der Waals surface area contributed by atoms with Crippen molar-refractivity contribution in [1.82, 2.24) is 14.5 Å².